The van der Waals surface area contributed by atoms with Crippen molar-refractivity contribution in [2.45, 2.75) is 0 Å². The summed E-state index contributed by atoms with van der Waals surface area (Å²) in [6, 6.07) is 33.4. The van der Waals surface area contributed by atoms with Crippen LogP contribution in [0.2, 0.25) is 0 Å². The van der Waals surface area contributed by atoms with Crippen molar-refractivity contribution < 1.29 is 30.9 Å². The summed E-state index contributed by atoms with van der Waals surface area (Å²) >= 11 is 0. The van der Waals surface area contributed by atoms with Crippen LogP contribution in [0.15, 0.2) is 48.7 Å². The fraction of sp³-hybridized carbons (Fsp3) is 0. The van der Waals surface area contributed by atoms with E-state index >= 15 is 0 Å². The molecule has 2 N–H and O–H groups in total. The molecule has 0 radical (unpaired) electrons. The van der Waals surface area contributed by atoms with Gasteiger partial charge in [0.05, 0.1) is 0 Å². The van der Waals surface area contributed by atoms with Crippen LogP contribution >= 0.6 is 0 Å². The summed E-state index contributed by atoms with van der Waals surface area (Å²) in [5.41, 5.74) is 0.773. The normalized spacial score (nSPS) is 8.73. The minimum atomic E-state index is 0. The third-order valence-electron chi connectivity index (χ3n) is 2.34. The topological polar surface area (TPSA) is 35.8 Å². The number of aromatic nitrogens is 1. The third kappa shape index (κ3) is 6.19. The summed E-state index contributed by atoms with van der Waals surface area (Å²) in [4.78, 5) is 4.09. The zero-order valence-corrected chi connectivity index (χ0v) is 15.2. The Labute approximate surface area is 149 Å². The Morgan fingerprint density at radius 3 is 1.82 bits per heavy atom. The molecular weight excluding hydrogens is 437 g/mol. The molecule has 1 aromatic heterocycles. The van der Waals surface area contributed by atoms with Gasteiger partial charge in [-0.05, 0) is 6.07 Å². The first kappa shape index (κ1) is 18.1. The molecule has 0 aliphatic heterocycles. The second-order valence-corrected chi connectivity index (χ2v) is 3.75. The molecule has 3 aromatic carbocycles. The Bertz CT molecular complexity index is 652. The fourth-order valence-electron chi connectivity index (χ4n) is 1.47. The summed E-state index contributed by atoms with van der Waals surface area (Å²) in [6.07, 6.45) is 1.71. The van der Waals surface area contributed by atoms with E-state index in [1.54, 1.807) is 24.4 Å². The Kier molecular flexibility index (Phi) is 8.77. The van der Waals surface area contributed by atoms with Gasteiger partial charge >= 0.3 is 0 Å². The van der Waals surface area contributed by atoms with E-state index in [4.69, 9.17) is 5.11 Å². The van der Waals surface area contributed by atoms with Gasteiger partial charge in [-0.25, -0.2) is 4.98 Å². The summed E-state index contributed by atoms with van der Waals surface area (Å²) in [5.74, 6) is 0.489. The SMILES string of the molecule is [Hf].[OH2+]c1cccc2cccnc12.[c-]1[c-][c-][cH-][c-]1.[c-]1[c-][c-][cH-][c-]1. The van der Waals surface area contributed by atoms with Crippen LogP contribution in [0.25, 0.3) is 10.9 Å². The van der Waals surface area contributed by atoms with E-state index < -0.39 is 0 Å². The van der Waals surface area contributed by atoms with Crippen molar-refractivity contribution in [1.82, 2.24) is 4.98 Å². The Hall–Kier alpha value is -2.00. The minimum absolute atomic E-state index is 0. The van der Waals surface area contributed by atoms with Gasteiger partial charge in [0, 0.05) is 43.5 Å². The molecule has 110 valence electrons. The zero-order chi connectivity index (χ0) is 14.8. The Morgan fingerprint density at radius 1 is 0.818 bits per heavy atom. The number of hydrogen-bond donors (Lipinski definition) is 0. The van der Waals surface area contributed by atoms with Crippen molar-refractivity contribution in [2.24, 2.45) is 0 Å². The molecule has 0 spiro atoms. The van der Waals surface area contributed by atoms with Crippen molar-refractivity contribution in [3.8, 4) is 5.75 Å². The number of fused-ring (bicyclic) bond motifs is 1. The van der Waals surface area contributed by atoms with Crippen molar-refractivity contribution in [3.05, 3.63) is 97.2 Å². The first-order chi connectivity index (χ1) is 10.4. The van der Waals surface area contributed by atoms with Gasteiger partial charge in [0.2, 0.25) is 0 Å². The summed E-state index contributed by atoms with van der Waals surface area (Å²) in [5, 5.41) is 8.53. The molecule has 0 unspecified atom stereocenters. The number of hydrogen-bond acceptors (Lipinski definition) is 1. The molecule has 0 atom stereocenters. The molecule has 2 nitrogen and oxygen atoms in total. The van der Waals surface area contributed by atoms with Crippen molar-refractivity contribution >= 4 is 10.9 Å². The predicted molar refractivity (Wildman–Crippen MR) is 79.6 cm³/mol. The predicted octanol–water partition coefficient (Wildman–Crippen LogP) is 2.88. The van der Waals surface area contributed by atoms with E-state index in [0.717, 1.165) is 10.9 Å². The number of para-hydroxylation sites is 1. The van der Waals surface area contributed by atoms with E-state index in [0.29, 0.717) is 5.75 Å². The Morgan fingerprint density at radius 2 is 1.36 bits per heavy atom. The van der Waals surface area contributed by atoms with Crippen LogP contribution in [0.4, 0.5) is 0 Å². The van der Waals surface area contributed by atoms with Crippen LogP contribution in [-0.2, 0) is 25.8 Å². The van der Waals surface area contributed by atoms with Crippen LogP contribution in [-0.4, -0.2) is 10.1 Å². The van der Waals surface area contributed by atoms with Crippen LogP contribution in [0.5, 0.6) is 5.75 Å². The molecule has 4 rings (SSSR count). The average molecular weight is 447 g/mol. The molecule has 0 fully saturated rings. The van der Waals surface area contributed by atoms with Gasteiger partial charge in [-0.2, -0.15) is 0 Å². The molecule has 0 saturated carbocycles. The number of nitrogens with zero attached hydrogens (tertiary/aromatic N) is 1. The van der Waals surface area contributed by atoms with Crippen molar-refractivity contribution in [2.75, 3.05) is 0 Å². The first-order valence-corrected chi connectivity index (χ1v) is 6.09. The molecule has 0 saturated heterocycles. The maximum atomic E-state index is 7.50. The van der Waals surface area contributed by atoms with Gasteiger partial charge in [0.1, 0.15) is 0 Å². The monoisotopic (exact) mass is 448 g/mol. The quantitative estimate of drug-likeness (QED) is 0.232. The van der Waals surface area contributed by atoms with E-state index in [2.05, 4.69) is 53.5 Å². The number of pyridine rings is 1. The molecule has 0 aliphatic rings. The van der Waals surface area contributed by atoms with Gasteiger partial charge < -0.3 is 65.8 Å². The molecule has 4 aromatic rings. The van der Waals surface area contributed by atoms with Crippen LogP contribution in [0.1, 0.15) is 0 Å². The van der Waals surface area contributed by atoms with E-state index in [-0.39, 0.29) is 25.8 Å². The van der Waals surface area contributed by atoms with Gasteiger partial charge in [0.25, 0.3) is 5.75 Å². The second kappa shape index (κ2) is 10.7. The smallest absolute Gasteiger partial charge is 0.280 e. The molecule has 0 amide bonds. The van der Waals surface area contributed by atoms with Gasteiger partial charge in [-0.3, -0.25) is 0 Å². The third-order valence-corrected chi connectivity index (χ3v) is 2.34. The summed E-state index contributed by atoms with van der Waals surface area (Å²) in [6.45, 7) is 0. The maximum absolute atomic E-state index is 7.50. The van der Waals surface area contributed by atoms with Gasteiger partial charge in [-0.15, -0.1) is 0 Å². The second-order valence-electron chi connectivity index (χ2n) is 3.75. The summed E-state index contributed by atoms with van der Waals surface area (Å²) in [7, 11) is 0. The average Bonchev–Trinajstić information content (AvgIpc) is 3.26. The van der Waals surface area contributed by atoms with E-state index in [1.165, 1.54) is 0 Å². The van der Waals surface area contributed by atoms with Crippen LogP contribution < -0.4 is 0 Å². The maximum Gasteiger partial charge on any atom is 0.280 e. The number of benzene rings is 1. The Balaban J connectivity index is 0.000000185. The molecule has 3 heteroatoms. The van der Waals surface area contributed by atoms with E-state index in [9.17, 15) is 0 Å². The van der Waals surface area contributed by atoms with Gasteiger partial charge in [0.15, 0.2) is 5.52 Å². The molecule has 22 heavy (non-hydrogen) atoms. The molecule has 0 bridgehead atoms. The molecule has 0 aliphatic carbocycles. The standard InChI is InChI=1S/C9H7NO.2C5H.Hf/c11-8-5-1-3-7-4-2-6-10-9(7)8;2*1-2-4-5-3-1;/h1-6,11H;2*1H;/q;2*-5;/p+1. The van der Waals surface area contributed by atoms with Crippen LogP contribution in [0.3, 0.4) is 0 Å². The van der Waals surface area contributed by atoms with Crippen LogP contribution in [0, 0.1) is 48.5 Å². The minimum Gasteiger partial charge on any atom is -0.999 e. The number of rotatable bonds is 0. The summed E-state index contributed by atoms with van der Waals surface area (Å²) < 4.78 is 0. The van der Waals surface area contributed by atoms with Gasteiger partial charge in [-0.1, -0.05) is 18.2 Å². The largest absolute Gasteiger partial charge is 0.999 e. The van der Waals surface area contributed by atoms with Crippen molar-refractivity contribution in [3.63, 3.8) is 0 Å². The molecule has 1 heterocycles. The zero-order valence-electron chi connectivity index (χ0n) is 11.6. The first-order valence-electron chi connectivity index (χ1n) is 6.09. The van der Waals surface area contributed by atoms with Crippen molar-refractivity contribution in [1.29, 1.82) is 0 Å². The molecular formula is C19H10HfNO-9. The fourth-order valence-corrected chi connectivity index (χ4v) is 1.47. The van der Waals surface area contributed by atoms with E-state index in [1.807, 2.05) is 24.3 Å².